The zero-order valence-corrected chi connectivity index (χ0v) is 9.34. The molecule has 1 aromatic carbocycles. The SMILES string of the molecule is Cc1cc2ccc(-c3cc(N)on3)cc2cn1. The molecular weight excluding hydrogens is 214 g/mol. The first-order valence-corrected chi connectivity index (χ1v) is 5.31. The van der Waals surface area contributed by atoms with Crippen LogP contribution in [0.2, 0.25) is 0 Å². The van der Waals surface area contributed by atoms with Gasteiger partial charge in [0.1, 0.15) is 5.69 Å². The van der Waals surface area contributed by atoms with Gasteiger partial charge in [-0.05, 0) is 24.4 Å². The minimum absolute atomic E-state index is 0.321. The Hall–Kier alpha value is -2.36. The van der Waals surface area contributed by atoms with Crippen LogP contribution in [0.5, 0.6) is 0 Å². The Morgan fingerprint density at radius 3 is 2.76 bits per heavy atom. The lowest BCUT2D eigenvalue weighted by atomic mass is 10.1. The molecule has 0 bridgehead atoms. The van der Waals surface area contributed by atoms with Crippen molar-refractivity contribution in [2.24, 2.45) is 0 Å². The second-order valence-electron chi connectivity index (χ2n) is 4.00. The number of rotatable bonds is 1. The minimum Gasteiger partial charge on any atom is -0.368 e. The Balaban J connectivity index is 2.16. The summed E-state index contributed by atoms with van der Waals surface area (Å²) < 4.78 is 4.86. The number of aryl methyl sites for hydroxylation is 1. The quantitative estimate of drug-likeness (QED) is 0.691. The Morgan fingerprint density at radius 2 is 2.00 bits per heavy atom. The van der Waals surface area contributed by atoms with Gasteiger partial charge in [0, 0.05) is 28.9 Å². The molecule has 3 aromatic rings. The first-order chi connectivity index (χ1) is 8.22. The van der Waals surface area contributed by atoms with E-state index in [1.54, 1.807) is 6.07 Å². The van der Waals surface area contributed by atoms with Crippen LogP contribution in [0.1, 0.15) is 5.69 Å². The van der Waals surface area contributed by atoms with Gasteiger partial charge < -0.3 is 10.3 Å². The van der Waals surface area contributed by atoms with Gasteiger partial charge in [-0.25, -0.2) is 0 Å². The first kappa shape index (κ1) is 9.84. The van der Waals surface area contributed by atoms with Crippen molar-refractivity contribution in [1.29, 1.82) is 0 Å². The lowest BCUT2D eigenvalue weighted by Gasteiger charge is -2.01. The van der Waals surface area contributed by atoms with Gasteiger partial charge in [-0.15, -0.1) is 0 Å². The molecule has 4 nitrogen and oxygen atoms in total. The highest BCUT2D eigenvalue weighted by molar-refractivity contribution is 5.86. The number of nitrogens with zero attached hydrogens (tertiary/aromatic N) is 2. The van der Waals surface area contributed by atoms with Crippen LogP contribution < -0.4 is 5.73 Å². The number of aromatic nitrogens is 2. The number of nitrogens with two attached hydrogens (primary N) is 1. The van der Waals surface area contributed by atoms with Gasteiger partial charge in [-0.2, -0.15) is 0 Å². The van der Waals surface area contributed by atoms with Crippen LogP contribution >= 0.6 is 0 Å². The standard InChI is InChI=1S/C13H11N3O/c1-8-4-9-2-3-10(5-11(9)7-15-8)12-6-13(14)17-16-12/h2-7H,14H2,1H3. The predicted octanol–water partition coefficient (Wildman–Crippen LogP) is 2.78. The Morgan fingerprint density at radius 1 is 1.12 bits per heavy atom. The number of benzene rings is 1. The molecule has 0 saturated carbocycles. The van der Waals surface area contributed by atoms with Gasteiger partial charge in [-0.3, -0.25) is 4.98 Å². The molecule has 0 amide bonds. The van der Waals surface area contributed by atoms with Crippen molar-refractivity contribution in [3.8, 4) is 11.3 Å². The van der Waals surface area contributed by atoms with Crippen molar-refractivity contribution in [2.45, 2.75) is 6.92 Å². The second kappa shape index (κ2) is 3.59. The molecule has 0 atom stereocenters. The van der Waals surface area contributed by atoms with E-state index in [0.29, 0.717) is 5.88 Å². The molecule has 0 aliphatic rings. The van der Waals surface area contributed by atoms with Gasteiger partial charge in [-0.1, -0.05) is 17.3 Å². The number of hydrogen-bond acceptors (Lipinski definition) is 4. The Bertz CT molecular complexity index is 688. The molecule has 4 heteroatoms. The smallest absolute Gasteiger partial charge is 0.222 e. The molecule has 0 spiro atoms. The molecule has 3 rings (SSSR count). The van der Waals surface area contributed by atoms with E-state index in [1.165, 1.54) is 0 Å². The van der Waals surface area contributed by atoms with Crippen LogP contribution in [0, 0.1) is 6.92 Å². The summed E-state index contributed by atoms with van der Waals surface area (Å²) in [7, 11) is 0. The summed E-state index contributed by atoms with van der Waals surface area (Å²) in [6.45, 7) is 1.98. The summed E-state index contributed by atoms with van der Waals surface area (Å²) >= 11 is 0. The van der Waals surface area contributed by atoms with Crippen LogP contribution in [-0.2, 0) is 0 Å². The van der Waals surface area contributed by atoms with Crippen LogP contribution in [0.15, 0.2) is 41.1 Å². The third-order valence-electron chi connectivity index (χ3n) is 2.68. The molecule has 2 N–H and O–H groups in total. The molecule has 0 saturated heterocycles. The summed E-state index contributed by atoms with van der Waals surface area (Å²) in [5.41, 5.74) is 8.23. The fourth-order valence-electron chi connectivity index (χ4n) is 1.84. The van der Waals surface area contributed by atoms with E-state index in [2.05, 4.69) is 16.2 Å². The van der Waals surface area contributed by atoms with Crippen LogP contribution in [0.4, 0.5) is 5.88 Å². The number of hydrogen-bond donors (Lipinski definition) is 1. The van der Waals surface area contributed by atoms with Gasteiger partial charge in [0.05, 0.1) is 0 Å². The molecule has 0 fully saturated rings. The molecule has 2 aromatic heterocycles. The fraction of sp³-hybridized carbons (Fsp3) is 0.0769. The summed E-state index contributed by atoms with van der Waals surface area (Å²) in [4.78, 5) is 4.28. The van der Waals surface area contributed by atoms with E-state index in [-0.39, 0.29) is 0 Å². The van der Waals surface area contributed by atoms with Crippen molar-refractivity contribution in [2.75, 3.05) is 5.73 Å². The monoisotopic (exact) mass is 225 g/mol. The number of nitrogen functional groups attached to an aromatic ring is 1. The highest BCUT2D eigenvalue weighted by Crippen LogP contribution is 2.24. The average molecular weight is 225 g/mol. The number of fused-ring (bicyclic) bond motifs is 1. The Kier molecular flexibility index (Phi) is 2.08. The summed E-state index contributed by atoms with van der Waals surface area (Å²) in [6.07, 6.45) is 1.86. The normalized spacial score (nSPS) is 10.9. The van der Waals surface area contributed by atoms with E-state index in [1.807, 2.05) is 31.3 Å². The molecule has 2 heterocycles. The van der Waals surface area contributed by atoms with E-state index >= 15 is 0 Å². The largest absolute Gasteiger partial charge is 0.368 e. The lowest BCUT2D eigenvalue weighted by molar-refractivity contribution is 0.439. The van der Waals surface area contributed by atoms with Gasteiger partial charge in [0.2, 0.25) is 5.88 Å². The van der Waals surface area contributed by atoms with Gasteiger partial charge >= 0.3 is 0 Å². The lowest BCUT2D eigenvalue weighted by Crippen LogP contribution is -1.83. The average Bonchev–Trinajstić information content (AvgIpc) is 2.75. The summed E-state index contributed by atoms with van der Waals surface area (Å²) in [6, 6.07) is 9.83. The molecule has 0 aliphatic heterocycles. The van der Waals surface area contributed by atoms with Crippen molar-refractivity contribution >= 4 is 16.7 Å². The highest BCUT2D eigenvalue weighted by atomic mass is 16.5. The second-order valence-corrected chi connectivity index (χ2v) is 4.00. The molecular formula is C13H11N3O. The maximum atomic E-state index is 5.51. The molecule has 17 heavy (non-hydrogen) atoms. The zero-order valence-electron chi connectivity index (χ0n) is 9.34. The maximum absolute atomic E-state index is 5.51. The minimum atomic E-state index is 0.321. The number of anilines is 1. The van der Waals surface area contributed by atoms with Crippen LogP contribution in [0.25, 0.3) is 22.0 Å². The summed E-state index contributed by atoms with van der Waals surface area (Å²) in [5.74, 6) is 0.321. The summed E-state index contributed by atoms with van der Waals surface area (Å²) in [5, 5.41) is 6.13. The van der Waals surface area contributed by atoms with E-state index in [0.717, 1.165) is 27.7 Å². The molecule has 84 valence electrons. The highest BCUT2D eigenvalue weighted by Gasteiger charge is 2.05. The first-order valence-electron chi connectivity index (χ1n) is 5.31. The molecule has 0 aliphatic carbocycles. The van der Waals surface area contributed by atoms with E-state index < -0.39 is 0 Å². The molecule has 0 radical (unpaired) electrons. The Labute approximate surface area is 98.1 Å². The van der Waals surface area contributed by atoms with Crippen LogP contribution in [0.3, 0.4) is 0 Å². The number of pyridine rings is 1. The maximum Gasteiger partial charge on any atom is 0.222 e. The fourth-order valence-corrected chi connectivity index (χ4v) is 1.84. The van der Waals surface area contributed by atoms with Gasteiger partial charge in [0.25, 0.3) is 0 Å². The predicted molar refractivity (Wildman–Crippen MR) is 66.4 cm³/mol. The van der Waals surface area contributed by atoms with Crippen molar-refractivity contribution in [1.82, 2.24) is 10.1 Å². The van der Waals surface area contributed by atoms with Crippen molar-refractivity contribution < 1.29 is 4.52 Å². The zero-order chi connectivity index (χ0) is 11.8. The topological polar surface area (TPSA) is 64.9 Å². The van der Waals surface area contributed by atoms with E-state index in [9.17, 15) is 0 Å². The van der Waals surface area contributed by atoms with Gasteiger partial charge in [0.15, 0.2) is 0 Å². The van der Waals surface area contributed by atoms with Crippen molar-refractivity contribution in [3.05, 3.63) is 42.2 Å². The van der Waals surface area contributed by atoms with Crippen molar-refractivity contribution in [3.63, 3.8) is 0 Å². The van der Waals surface area contributed by atoms with Crippen LogP contribution in [-0.4, -0.2) is 10.1 Å². The van der Waals surface area contributed by atoms with E-state index in [4.69, 9.17) is 10.3 Å². The third kappa shape index (κ3) is 1.73. The molecule has 0 unspecified atom stereocenters. The third-order valence-corrected chi connectivity index (χ3v) is 2.68.